The molecule has 0 saturated carbocycles. The Bertz CT molecular complexity index is 642. The second kappa shape index (κ2) is 4.44. The summed E-state index contributed by atoms with van der Waals surface area (Å²) in [6, 6.07) is 0. The molecular formula is C11H12N6S. The van der Waals surface area contributed by atoms with Crippen molar-refractivity contribution < 1.29 is 0 Å². The fraction of sp³-hybridized carbons (Fsp3) is 0.455. The number of azide groups is 1. The van der Waals surface area contributed by atoms with E-state index in [-0.39, 0.29) is 0 Å². The van der Waals surface area contributed by atoms with E-state index in [2.05, 4.69) is 20.0 Å². The number of thiophene rings is 1. The molecule has 0 amide bonds. The first-order valence-electron chi connectivity index (χ1n) is 5.81. The van der Waals surface area contributed by atoms with Gasteiger partial charge in [-0.1, -0.05) is 5.11 Å². The fourth-order valence-electron chi connectivity index (χ4n) is 2.51. The molecule has 0 radical (unpaired) electrons. The third kappa shape index (κ3) is 1.77. The molecule has 2 aromatic heterocycles. The number of nitrogens with two attached hydrogens (primary N) is 1. The number of rotatable bonds is 2. The molecule has 0 fully saturated rings. The molecule has 1 aliphatic carbocycles. The monoisotopic (exact) mass is 260 g/mol. The van der Waals surface area contributed by atoms with Crippen LogP contribution >= 0.6 is 11.3 Å². The minimum Gasteiger partial charge on any atom is -0.383 e. The number of hydrogen-bond acceptors (Lipinski definition) is 5. The van der Waals surface area contributed by atoms with Gasteiger partial charge in [0.15, 0.2) is 0 Å². The molecule has 2 heterocycles. The largest absolute Gasteiger partial charge is 0.383 e. The van der Waals surface area contributed by atoms with Crippen molar-refractivity contribution in [1.82, 2.24) is 9.97 Å². The highest BCUT2D eigenvalue weighted by molar-refractivity contribution is 7.19. The van der Waals surface area contributed by atoms with E-state index in [1.54, 1.807) is 11.3 Å². The molecule has 1 unspecified atom stereocenters. The molecule has 0 aromatic carbocycles. The highest BCUT2D eigenvalue weighted by Crippen LogP contribution is 2.38. The van der Waals surface area contributed by atoms with Crippen LogP contribution in [0.5, 0.6) is 0 Å². The van der Waals surface area contributed by atoms with Gasteiger partial charge >= 0.3 is 0 Å². The van der Waals surface area contributed by atoms with Gasteiger partial charge < -0.3 is 5.73 Å². The second-order valence-electron chi connectivity index (χ2n) is 4.47. The summed E-state index contributed by atoms with van der Waals surface area (Å²) < 4.78 is 0. The molecule has 18 heavy (non-hydrogen) atoms. The van der Waals surface area contributed by atoms with Gasteiger partial charge in [0.05, 0.1) is 5.39 Å². The molecule has 1 aliphatic rings. The van der Waals surface area contributed by atoms with Crippen molar-refractivity contribution in [2.24, 2.45) is 11.0 Å². The Morgan fingerprint density at radius 3 is 3.28 bits per heavy atom. The normalized spacial score (nSPS) is 18.3. The molecule has 2 aromatic rings. The minimum atomic E-state index is 0.440. The topological polar surface area (TPSA) is 101 Å². The first kappa shape index (κ1) is 11.3. The number of aryl methyl sites for hydroxylation is 1. The van der Waals surface area contributed by atoms with Crippen LogP contribution in [0, 0.1) is 5.92 Å². The van der Waals surface area contributed by atoms with E-state index in [9.17, 15) is 0 Å². The van der Waals surface area contributed by atoms with Crippen molar-refractivity contribution in [3.8, 4) is 0 Å². The van der Waals surface area contributed by atoms with Crippen LogP contribution in [-0.2, 0) is 12.8 Å². The van der Waals surface area contributed by atoms with Gasteiger partial charge in [-0.2, -0.15) is 0 Å². The summed E-state index contributed by atoms with van der Waals surface area (Å²) in [5.74, 6) is 1.02. The third-order valence-corrected chi connectivity index (χ3v) is 4.54. The lowest BCUT2D eigenvalue weighted by molar-refractivity contribution is 0.475. The van der Waals surface area contributed by atoms with Crippen molar-refractivity contribution in [3.05, 3.63) is 27.2 Å². The van der Waals surface area contributed by atoms with Crippen molar-refractivity contribution in [2.45, 2.75) is 19.3 Å². The van der Waals surface area contributed by atoms with Crippen LogP contribution in [-0.4, -0.2) is 16.5 Å². The molecule has 1 atom stereocenters. The van der Waals surface area contributed by atoms with Crippen LogP contribution in [0.4, 0.5) is 5.82 Å². The lowest BCUT2D eigenvalue weighted by atomic mass is 9.88. The molecule has 0 bridgehead atoms. The minimum absolute atomic E-state index is 0.440. The number of hydrogen-bond donors (Lipinski definition) is 1. The van der Waals surface area contributed by atoms with Crippen LogP contribution in [0.15, 0.2) is 11.4 Å². The molecule has 2 N–H and O–H groups in total. The van der Waals surface area contributed by atoms with Crippen LogP contribution < -0.4 is 5.73 Å². The molecule has 7 heteroatoms. The number of aromatic nitrogens is 2. The Morgan fingerprint density at radius 1 is 1.56 bits per heavy atom. The van der Waals surface area contributed by atoms with E-state index in [0.29, 0.717) is 18.3 Å². The Morgan fingerprint density at radius 2 is 2.44 bits per heavy atom. The summed E-state index contributed by atoms with van der Waals surface area (Å²) in [5.41, 5.74) is 15.6. The maximum Gasteiger partial charge on any atom is 0.135 e. The highest BCUT2D eigenvalue weighted by Gasteiger charge is 2.24. The zero-order chi connectivity index (χ0) is 12.5. The van der Waals surface area contributed by atoms with E-state index >= 15 is 0 Å². The SMILES string of the molecule is [N-]=[N+]=NCC1CCc2c(sc3ncnc(N)c23)C1. The molecule has 6 nitrogen and oxygen atoms in total. The van der Waals surface area contributed by atoms with Crippen molar-refractivity contribution in [2.75, 3.05) is 12.3 Å². The summed E-state index contributed by atoms with van der Waals surface area (Å²) >= 11 is 1.69. The van der Waals surface area contributed by atoms with Crippen LogP contribution in [0.1, 0.15) is 16.9 Å². The Labute approximate surface area is 107 Å². The van der Waals surface area contributed by atoms with Gasteiger partial charge in [0.25, 0.3) is 0 Å². The van der Waals surface area contributed by atoms with Gasteiger partial charge in [0.2, 0.25) is 0 Å². The maximum atomic E-state index is 8.37. The zero-order valence-electron chi connectivity index (χ0n) is 9.70. The standard InChI is InChI=1S/C11H12N6S/c12-10-9-7-2-1-6(4-16-17-13)3-8(7)18-11(9)15-5-14-10/h5-6H,1-4H2,(H2,12,14,15). The summed E-state index contributed by atoms with van der Waals surface area (Å²) in [7, 11) is 0. The lowest BCUT2D eigenvalue weighted by Crippen LogP contribution is -2.15. The van der Waals surface area contributed by atoms with Gasteiger partial charge in [0, 0.05) is 16.3 Å². The lowest BCUT2D eigenvalue weighted by Gasteiger charge is -2.20. The van der Waals surface area contributed by atoms with Crippen LogP contribution in [0.2, 0.25) is 0 Å². The van der Waals surface area contributed by atoms with Crippen molar-refractivity contribution >= 4 is 27.4 Å². The molecular weight excluding hydrogens is 248 g/mol. The first-order valence-corrected chi connectivity index (χ1v) is 6.63. The average molecular weight is 260 g/mol. The van der Waals surface area contributed by atoms with Gasteiger partial charge in [0.1, 0.15) is 17.0 Å². The molecule has 0 spiro atoms. The van der Waals surface area contributed by atoms with Gasteiger partial charge in [-0.15, -0.1) is 11.3 Å². The quantitative estimate of drug-likeness (QED) is 0.510. The van der Waals surface area contributed by atoms with Crippen molar-refractivity contribution in [3.63, 3.8) is 0 Å². The Hall–Kier alpha value is -1.85. The number of fused-ring (bicyclic) bond motifs is 3. The van der Waals surface area contributed by atoms with Crippen LogP contribution in [0.3, 0.4) is 0 Å². The summed E-state index contributed by atoms with van der Waals surface area (Å²) in [6.07, 6.45) is 4.47. The maximum absolute atomic E-state index is 8.37. The molecule has 92 valence electrons. The van der Waals surface area contributed by atoms with Crippen molar-refractivity contribution in [1.29, 1.82) is 0 Å². The number of anilines is 1. The van der Waals surface area contributed by atoms with E-state index in [0.717, 1.165) is 29.5 Å². The summed E-state index contributed by atoms with van der Waals surface area (Å²) in [5, 5.41) is 4.70. The third-order valence-electron chi connectivity index (χ3n) is 3.38. The van der Waals surface area contributed by atoms with Gasteiger partial charge in [-0.25, -0.2) is 9.97 Å². The Kier molecular flexibility index (Phi) is 2.77. The summed E-state index contributed by atoms with van der Waals surface area (Å²) in [6.45, 7) is 0.575. The Balaban J connectivity index is 2.00. The van der Waals surface area contributed by atoms with Crippen LogP contribution in [0.25, 0.3) is 20.7 Å². The predicted octanol–water partition coefficient (Wildman–Crippen LogP) is 2.69. The zero-order valence-corrected chi connectivity index (χ0v) is 10.5. The average Bonchev–Trinajstić information content (AvgIpc) is 2.75. The van der Waals surface area contributed by atoms with Gasteiger partial charge in [-0.05, 0) is 36.3 Å². The number of nitrogens with zero attached hydrogens (tertiary/aromatic N) is 5. The molecule has 0 aliphatic heterocycles. The first-order chi connectivity index (χ1) is 8.79. The summed E-state index contributed by atoms with van der Waals surface area (Å²) in [4.78, 5) is 13.5. The second-order valence-corrected chi connectivity index (χ2v) is 5.55. The van der Waals surface area contributed by atoms with E-state index in [1.165, 1.54) is 16.8 Å². The van der Waals surface area contributed by atoms with E-state index in [4.69, 9.17) is 11.3 Å². The van der Waals surface area contributed by atoms with Gasteiger partial charge in [-0.3, -0.25) is 0 Å². The number of nitrogen functional groups attached to an aromatic ring is 1. The van der Waals surface area contributed by atoms with E-state index < -0.39 is 0 Å². The smallest absolute Gasteiger partial charge is 0.135 e. The van der Waals surface area contributed by atoms with E-state index in [1.807, 2.05) is 0 Å². The highest BCUT2D eigenvalue weighted by atomic mass is 32.1. The fourth-order valence-corrected chi connectivity index (χ4v) is 3.82. The molecule has 3 rings (SSSR count). The predicted molar refractivity (Wildman–Crippen MR) is 71.4 cm³/mol. The molecule has 0 saturated heterocycles.